The molecule has 94 valence electrons. The third-order valence-electron chi connectivity index (χ3n) is 3.26. The lowest BCUT2D eigenvalue weighted by Gasteiger charge is -2.48. The van der Waals surface area contributed by atoms with Crippen LogP contribution in [0.1, 0.15) is 0 Å². The molecule has 0 amide bonds. The van der Waals surface area contributed by atoms with Gasteiger partial charge in [-0.05, 0) is 0 Å². The highest BCUT2D eigenvalue weighted by Crippen LogP contribution is 2.26. The van der Waals surface area contributed by atoms with Crippen LogP contribution in [-0.2, 0) is 4.74 Å². The highest BCUT2D eigenvalue weighted by atomic mass is 16.5. The summed E-state index contributed by atoms with van der Waals surface area (Å²) < 4.78 is 5.27. The van der Waals surface area contributed by atoms with Gasteiger partial charge in [-0.15, -0.1) is 0 Å². The molecule has 2 heterocycles. The van der Waals surface area contributed by atoms with Crippen molar-refractivity contribution < 1.29 is 30.3 Å². The normalized spacial score (nSPS) is 53.4. The highest BCUT2D eigenvalue weighted by Gasteiger charge is 2.50. The summed E-state index contributed by atoms with van der Waals surface area (Å²) in [4.78, 5) is 0. The SMILES string of the molecule is OC[C@H]1O[C@H]2[C@H](O)[C@H](O)CN[C@@H]2[C@@H](O)[C@H]1O. The van der Waals surface area contributed by atoms with Crippen LogP contribution in [0.3, 0.4) is 0 Å². The molecule has 16 heavy (non-hydrogen) atoms. The van der Waals surface area contributed by atoms with Gasteiger partial charge in [0, 0.05) is 6.54 Å². The van der Waals surface area contributed by atoms with Gasteiger partial charge in [-0.25, -0.2) is 0 Å². The minimum atomic E-state index is -1.21. The second kappa shape index (κ2) is 4.53. The van der Waals surface area contributed by atoms with Crippen LogP contribution >= 0.6 is 0 Å². The lowest BCUT2D eigenvalue weighted by atomic mass is 9.85. The minimum absolute atomic E-state index is 0.124. The monoisotopic (exact) mass is 235 g/mol. The van der Waals surface area contributed by atoms with Crippen molar-refractivity contribution in [2.45, 2.75) is 42.7 Å². The third-order valence-corrected chi connectivity index (χ3v) is 3.26. The van der Waals surface area contributed by atoms with Crippen LogP contribution in [0.2, 0.25) is 0 Å². The number of fused-ring (bicyclic) bond motifs is 1. The predicted octanol–water partition coefficient (Wildman–Crippen LogP) is -3.84. The molecular formula is C9H17NO6. The maximum absolute atomic E-state index is 9.78. The smallest absolute Gasteiger partial charge is 0.110 e. The quantitative estimate of drug-likeness (QED) is 0.275. The number of aliphatic hydroxyl groups excluding tert-OH is 5. The molecule has 2 aliphatic rings. The largest absolute Gasteiger partial charge is 0.394 e. The Morgan fingerprint density at radius 2 is 1.75 bits per heavy atom. The number of rotatable bonds is 1. The third kappa shape index (κ3) is 1.84. The van der Waals surface area contributed by atoms with Crippen LogP contribution in [0, 0.1) is 0 Å². The Bertz CT molecular complexity index is 252. The molecule has 0 aromatic carbocycles. The summed E-state index contributed by atoms with van der Waals surface area (Å²) in [5, 5.41) is 50.3. The molecule has 2 aliphatic heterocycles. The molecule has 0 bridgehead atoms. The number of nitrogens with one attached hydrogen (secondary N) is 1. The first kappa shape index (κ1) is 12.2. The Morgan fingerprint density at radius 3 is 2.38 bits per heavy atom. The average molecular weight is 235 g/mol. The van der Waals surface area contributed by atoms with Gasteiger partial charge in [-0.2, -0.15) is 0 Å². The summed E-state index contributed by atoms with van der Waals surface area (Å²) in [7, 11) is 0. The van der Waals surface area contributed by atoms with E-state index >= 15 is 0 Å². The predicted molar refractivity (Wildman–Crippen MR) is 51.6 cm³/mol. The topological polar surface area (TPSA) is 122 Å². The Kier molecular flexibility index (Phi) is 3.45. The van der Waals surface area contributed by atoms with Crippen LogP contribution in [0.4, 0.5) is 0 Å². The van der Waals surface area contributed by atoms with Gasteiger partial charge in [-0.3, -0.25) is 0 Å². The fourth-order valence-electron chi connectivity index (χ4n) is 2.27. The molecule has 0 radical (unpaired) electrons. The van der Waals surface area contributed by atoms with Crippen LogP contribution in [-0.4, -0.2) is 81.3 Å². The van der Waals surface area contributed by atoms with Gasteiger partial charge in [-0.1, -0.05) is 0 Å². The molecule has 0 aromatic rings. The van der Waals surface area contributed by atoms with E-state index < -0.39 is 49.3 Å². The van der Waals surface area contributed by atoms with E-state index in [1.807, 2.05) is 0 Å². The van der Waals surface area contributed by atoms with E-state index in [0.29, 0.717) is 0 Å². The van der Waals surface area contributed by atoms with Crippen molar-refractivity contribution in [3.63, 3.8) is 0 Å². The second-order valence-electron chi connectivity index (χ2n) is 4.29. The highest BCUT2D eigenvalue weighted by molar-refractivity contribution is 5.03. The van der Waals surface area contributed by atoms with Gasteiger partial charge < -0.3 is 35.6 Å². The first-order chi connectivity index (χ1) is 7.56. The number of ether oxygens (including phenoxy) is 1. The maximum atomic E-state index is 9.78. The van der Waals surface area contributed by atoms with Gasteiger partial charge in [0.2, 0.25) is 0 Å². The number of piperidine rings is 1. The van der Waals surface area contributed by atoms with E-state index in [1.54, 1.807) is 0 Å². The van der Waals surface area contributed by atoms with Crippen molar-refractivity contribution in [1.82, 2.24) is 5.32 Å². The van der Waals surface area contributed by atoms with Gasteiger partial charge in [0.05, 0.1) is 18.8 Å². The molecule has 0 unspecified atom stereocenters. The zero-order valence-electron chi connectivity index (χ0n) is 8.60. The van der Waals surface area contributed by atoms with E-state index in [9.17, 15) is 20.4 Å². The van der Waals surface area contributed by atoms with Gasteiger partial charge in [0.25, 0.3) is 0 Å². The van der Waals surface area contributed by atoms with Crippen molar-refractivity contribution in [2.75, 3.05) is 13.2 Å². The lowest BCUT2D eigenvalue weighted by Crippen LogP contribution is -2.71. The molecule has 0 aromatic heterocycles. The first-order valence-electron chi connectivity index (χ1n) is 5.28. The summed E-state index contributed by atoms with van der Waals surface area (Å²) in [6.07, 6.45) is -6.25. The lowest BCUT2D eigenvalue weighted by molar-refractivity contribution is -0.237. The Hall–Kier alpha value is -0.280. The molecule has 7 nitrogen and oxygen atoms in total. The number of aliphatic hydroxyl groups is 5. The molecule has 0 spiro atoms. The van der Waals surface area contributed by atoms with Crippen LogP contribution in [0.15, 0.2) is 0 Å². The molecule has 0 saturated carbocycles. The Morgan fingerprint density at radius 1 is 1.06 bits per heavy atom. The summed E-state index contributed by atoms with van der Waals surface area (Å²) in [6, 6.07) is -0.642. The van der Waals surface area contributed by atoms with E-state index in [1.165, 1.54) is 0 Å². The zero-order valence-corrected chi connectivity index (χ0v) is 8.60. The van der Waals surface area contributed by atoms with Gasteiger partial charge in [0.1, 0.15) is 30.5 Å². The average Bonchev–Trinajstić information content (AvgIpc) is 2.28. The van der Waals surface area contributed by atoms with Gasteiger partial charge >= 0.3 is 0 Å². The molecular weight excluding hydrogens is 218 g/mol. The van der Waals surface area contributed by atoms with E-state index in [0.717, 1.165) is 0 Å². The summed E-state index contributed by atoms with van der Waals surface area (Å²) in [6.45, 7) is -0.330. The zero-order chi connectivity index (χ0) is 11.9. The number of β-amino-alcohol motifs (C(OH)–C–C–N with tert-alkyl or cyclic N) is 1. The minimum Gasteiger partial charge on any atom is -0.394 e. The number of hydrogen-bond donors (Lipinski definition) is 6. The van der Waals surface area contributed by atoms with Crippen molar-refractivity contribution in [1.29, 1.82) is 0 Å². The Balaban J connectivity index is 2.15. The summed E-state index contributed by atoms with van der Waals surface area (Å²) in [5.41, 5.74) is 0. The molecule has 7 atom stereocenters. The van der Waals surface area contributed by atoms with Crippen molar-refractivity contribution in [3.8, 4) is 0 Å². The van der Waals surface area contributed by atoms with Crippen molar-refractivity contribution in [2.24, 2.45) is 0 Å². The molecule has 2 saturated heterocycles. The molecule has 2 rings (SSSR count). The molecule has 2 fully saturated rings. The van der Waals surface area contributed by atoms with E-state index in [4.69, 9.17) is 9.84 Å². The number of hydrogen-bond acceptors (Lipinski definition) is 7. The van der Waals surface area contributed by atoms with Gasteiger partial charge in [0.15, 0.2) is 0 Å². The van der Waals surface area contributed by atoms with Crippen molar-refractivity contribution >= 4 is 0 Å². The first-order valence-corrected chi connectivity index (χ1v) is 5.28. The second-order valence-corrected chi connectivity index (χ2v) is 4.29. The maximum Gasteiger partial charge on any atom is 0.110 e. The van der Waals surface area contributed by atoms with E-state index in [-0.39, 0.29) is 6.54 Å². The fourth-order valence-corrected chi connectivity index (χ4v) is 2.27. The van der Waals surface area contributed by atoms with Crippen molar-refractivity contribution in [3.05, 3.63) is 0 Å². The fraction of sp³-hybridized carbons (Fsp3) is 1.00. The summed E-state index contributed by atoms with van der Waals surface area (Å²) >= 11 is 0. The summed E-state index contributed by atoms with van der Waals surface area (Å²) in [5.74, 6) is 0. The molecule has 0 aliphatic carbocycles. The molecule has 7 heteroatoms. The molecule has 6 N–H and O–H groups in total. The van der Waals surface area contributed by atoms with Crippen LogP contribution in [0.5, 0.6) is 0 Å². The Labute approximate surface area is 92.3 Å². The van der Waals surface area contributed by atoms with Crippen LogP contribution in [0.25, 0.3) is 0 Å². The standard InChI is InChI=1S/C9H17NO6/c11-2-4-7(14)8(15)5-9(16-4)6(13)3(12)1-10-5/h3-15H,1-2H2/t3-,4-,5-,6-,7+,8-,9-/m1/s1. The van der Waals surface area contributed by atoms with Crippen LogP contribution < -0.4 is 5.32 Å². The van der Waals surface area contributed by atoms with E-state index in [2.05, 4.69) is 5.32 Å².